The summed E-state index contributed by atoms with van der Waals surface area (Å²) in [5.74, 6) is -2.28. The maximum atomic E-state index is 13.3. The molecule has 122 valence electrons. The third-order valence-corrected chi connectivity index (χ3v) is 4.91. The van der Waals surface area contributed by atoms with Gasteiger partial charge in [-0.3, -0.25) is 4.79 Å². The fraction of sp³-hybridized carbons (Fsp3) is 0.611. The van der Waals surface area contributed by atoms with Gasteiger partial charge in [0.2, 0.25) is 0 Å². The van der Waals surface area contributed by atoms with Gasteiger partial charge < -0.3 is 5.11 Å². The predicted octanol–water partition coefficient (Wildman–Crippen LogP) is 4.81. The molecule has 1 aliphatic carbocycles. The second-order valence-corrected chi connectivity index (χ2v) is 6.47. The van der Waals surface area contributed by atoms with Gasteiger partial charge in [0.15, 0.2) is 11.6 Å². The van der Waals surface area contributed by atoms with Crippen LogP contribution >= 0.6 is 0 Å². The number of hydrogen-bond acceptors (Lipinski definition) is 1. The third kappa shape index (κ3) is 4.28. The van der Waals surface area contributed by atoms with Crippen molar-refractivity contribution in [3.8, 4) is 0 Å². The number of aliphatic carboxylic acids is 1. The van der Waals surface area contributed by atoms with Crippen LogP contribution in [0.3, 0.4) is 0 Å². The standard InChI is InChI=1S/C18H24F2O2/c1-2-3-12-4-7-14(8-5-12)15(18(21)22)10-13-6-9-16(19)17(20)11-13/h6,9,11-12,14-15H,2-5,7-8,10H2,1H3,(H,21,22). The van der Waals surface area contributed by atoms with Gasteiger partial charge in [0, 0.05) is 0 Å². The molecular formula is C18H24F2O2. The Kier molecular flexibility index (Phi) is 5.92. The molecule has 0 radical (unpaired) electrons. The van der Waals surface area contributed by atoms with Crippen molar-refractivity contribution in [2.24, 2.45) is 17.8 Å². The molecule has 22 heavy (non-hydrogen) atoms. The summed E-state index contributed by atoms with van der Waals surface area (Å²) in [6.45, 7) is 2.18. The molecular weight excluding hydrogens is 286 g/mol. The molecule has 0 heterocycles. The Morgan fingerprint density at radius 2 is 1.91 bits per heavy atom. The van der Waals surface area contributed by atoms with Gasteiger partial charge in [-0.25, -0.2) is 8.78 Å². The van der Waals surface area contributed by atoms with Crippen molar-refractivity contribution < 1.29 is 18.7 Å². The summed E-state index contributed by atoms with van der Waals surface area (Å²) in [5, 5.41) is 9.51. The fourth-order valence-corrected chi connectivity index (χ4v) is 3.66. The number of carboxylic acids is 1. The average Bonchev–Trinajstić information content (AvgIpc) is 2.49. The van der Waals surface area contributed by atoms with Crippen molar-refractivity contribution in [2.45, 2.75) is 51.9 Å². The van der Waals surface area contributed by atoms with Crippen LogP contribution < -0.4 is 0 Å². The lowest BCUT2D eigenvalue weighted by Gasteiger charge is -2.32. The van der Waals surface area contributed by atoms with E-state index in [4.69, 9.17) is 0 Å². The van der Waals surface area contributed by atoms with Gasteiger partial charge in [0.25, 0.3) is 0 Å². The van der Waals surface area contributed by atoms with Crippen LogP contribution in [0.4, 0.5) is 8.78 Å². The average molecular weight is 310 g/mol. The second-order valence-electron chi connectivity index (χ2n) is 6.47. The van der Waals surface area contributed by atoms with Gasteiger partial charge in [0.05, 0.1) is 5.92 Å². The lowest BCUT2D eigenvalue weighted by molar-refractivity contribution is -0.144. The third-order valence-electron chi connectivity index (χ3n) is 4.91. The van der Waals surface area contributed by atoms with Gasteiger partial charge in [-0.1, -0.05) is 38.7 Å². The Morgan fingerprint density at radius 3 is 2.45 bits per heavy atom. The zero-order chi connectivity index (χ0) is 16.1. The van der Waals surface area contributed by atoms with E-state index in [2.05, 4.69) is 6.92 Å². The summed E-state index contributed by atoms with van der Waals surface area (Å²) < 4.78 is 26.3. The molecule has 1 aromatic carbocycles. The molecule has 1 N–H and O–H groups in total. The van der Waals surface area contributed by atoms with Crippen molar-refractivity contribution in [3.05, 3.63) is 35.4 Å². The fourth-order valence-electron chi connectivity index (χ4n) is 3.66. The minimum absolute atomic E-state index is 0.138. The van der Waals surface area contributed by atoms with Crippen LogP contribution in [0.2, 0.25) is 0 Å². The van der Waals surface area contributed by atoms with Crippen molar-refractivity contribution in [1.82, 2.24) is 0 Å². The van der Waals surface area contributed by atoms with E-state index in [9.17, 15) is 18.7 Å². The van der Waals surface area contributed by atoms with E-state index in [1.54, 1.807) is 0 Å². The molecule has 1 fully saturated rings. The molecule has 1 saturated carbocycles. The highest BCUT2D eigenvalue weighted by Gasteiger charge is 2.32. The van der Waals surface area contributed by atoms with Crippen molar-refractivity contribution >= 4 is 5.97 Å². The highest BCUT2D eigenvalue weighted by atomic mass is 19.2. The Morgan fingerprint density at radius 1 is 1.23 bits per heavy atom. The lowest BCUT2D eigenvalue weighted by Crippen LogP contribution is -2.29. The number of carboxylic acid groups (broad SMARTS) is 1. The van der Waals surface area contributed by atoms with Crippen molar-refractivity contribution in [3.63, 3.8) is 0 Å². The number of carbonyl (C=O) groups is 1. The SMILES string of the molecule is CCCC1CCC(C(Cc2ccc(F)c(F)c2)C(=O)O)CC1. The first-order valence-electron chi connectivity index (χ1n) is 8.18. The van der Waals surface area contributed by atoms with Crippen LogP contribution in [-0.2, 0) is 11.2 Å². The normalized spacial score (nSPS) is 23.2. The van der Waals surface area contributed by atoms with Gasteiger partial charge in [-0.05, 0) is 48.8 Å². The molecule has 0 saturated heterocycles. The summed E-state index contributed by atoms with van der Waals surface area (Å²) in [6, 6.07) is 3.67. The molecule has 0 amide bonds. The highest BCUT2D eigenvalue weighted by Crippen LogP contribution is 2.37. The number of halogens is 2. The van der Waals surface area contributed by atoms with Gasteiger partial charge in [-0.15, -0.1) is 0 Å². The van der Waals surface area contributed by atoms with Gasteiger partial charge in [0.1, 0.15) is 0 Å². The summed E-state index contributed by atoms with van der Waals surface area (Å²) in [5.41, 5.74) is 0.557. The molecule has 0 aromatic heterocycles. The van der Waals surface area contributed by atoms with Crippen molar-refractivity contribution in [2.75, 3.05) is 0 Å². The van der Waals surface area contributed by atoms with E-state index in [1.165, 1.54) is 18.9 Å². The first-order chi connectivity index (χ1) is 10.5. The quantitative estimate of drug-likeness (QED) is 0.818. The Balaban J connectivity index is 2.01. The molecule has 1 unspecified atom stereocenters. The monoisotopic (exact) mass is 310 g/mol. The molecule has 1 atom stereocenters. The molecule has 2 nitrogen and oxygen atoms in total. The topological polar surface area (TPSA) is 37.3 Å². The van der Waals surface area contributed by atoms with E-state index >= 15 is 0 Å². The van der Waals surface area contributed by atoms with Crippen LogP contribution in [0.5, 0.6) is 0 Å². The van der Waals surface area contributed by atoms with Gasteiger partial charge >= 0.3 is 5.97 Å². The first-order valence-corrected chi connectivity index (χ1v) is 8.18. The van der Waals surface area contributed by atoms with E-state index in [1.807, 2.05) is 0 Å². The number of rotatable bonds is 6. The zero-order valence-corrected chi connectivity index (χ0v) is 13.0. The molecule has 1 aliphatic rings. The molecule has 1 aromatic rings. The lowest BCUT2D eigenvalue weighted by atomic mass is 9.73. The molecule has 2 rings (SSSR count). The van der Waals surface area contributed by atoms with Crippen molar-refractivity contribution in [1.29, 1.82) is 0 Å². The van der Waals surface area contributed by atoms with Crippen LogP contribution in [0, 0.1) is 29.4 Å². The second kappa shape index (κ2) is 7.70. The summed E-state index contributed by atoms with van der Waals surface area (Å²) in [7, 11) is 0. The van der Waals surface area contributed by atoms with Crippen LogP contribution in [0.15, 0.2) is 18.2 Å². The molecule has 0 aliphatic heterocycles. The van der Waals surface area contributed by atoms with E-state index in [0.717, 1.165) is 43.7 Å². The smallest absolute Gasteiger partial charge is 0.307 e. The Bertz CT molecular complexity index is 508. The van der Waals surface area contributed by atoms with Gasteiger partial charge in [-0.2, -0.15) is 0 Å². The highest BCUT2D eigenvalue weighted by molar-refractivity contribution is 5.70. The first kappa shape index (κ1) is 16.9. The summed E-state index contributed by atoms with van der Waals surface area (Å²) in [6.07, 6.45) is 6.67. The Labute approximate surface area is 130 Å². The zero-order valence-electron chi connectivity index (χ0n) is 13.0. The maximum absolute atomic E-state index is 13.3. The van der Waals surface area contributed by atoms with Crippen LogP contribution in [0.25, 0.3) is 0 Å². The summed E-state index contributed by atoms with van der Waals surface area (Å²) >= 11 is 0. The predicted molar refractivity (Wildman–Crippen MR) is 81.5 cm³/mol. The minimum Gasteiger partial charge on any atom is -0.481 e. The minimum atomic E-state index is -0.909. The van der Waals surface area contributed by atoms with E-state index in [0.29, 0.717) is 5.56 Å². The largest absolute Gasteiger partial charge is 0.481 e. The maximum Gasteiger partial charge on any atom is 0.307 e. The molecule has 0 bridgehead atoms. The molecule has 4 heteroatoms. The van der Waals surface area contributed by atoms with Crippen LogP contribution in [0.1, 0.15) is 51.0 Å². The molecule has 0 spiro atoms. The van der Waals surface area contributed by atoms with Crippen LogP contribution in [-0.4, -0.2) is 11.1 Å². The number of benzene rings is 1. The van der Waals surface area contributed by atoms with E-state index < -0.39 is 23.5 Å². The van der Waals surface area contributed by atoms with E-state index in [-0.39, 0.29) is 12.3 Å². The summed E-state index contributed by atoms with van der Waals surface area (Å²) in [4.78, 5) is 11.6. The number of hydrogen-bond donors (Lipinski definition) is 1. The Hall–Kier alpha value is -1.45.